The van der Waals surface area contributed by atoms with Crippen LogP contribution < -0.4 is 10.5 Å². The number of nitrogens with zero attached hydrogens (tertiary/aromatic N) is 1. The molecule has 6 heteroatoms. The van der Waals surface area contributed by atoms with Crippen LogP contribution in [0, 0.1) is 0 Å². The molecule has 1 atom stereocenters. The van der Waals surface area contributed by atoms with Crippen molar-refractivity contribution in [1.82, 2.24) is 9.03 Å². The van der Waals surface area contributed by atoms with Crippen molar-refractivity contribution in [2.45, 2.75) is 45.7 Å². The molecule has 0 bridgehead atoms. The summed E-state index contributed by atoms with van der Waals surface area (Å²) in [7, 11) is -1.85. The zero-order valence-electron chi connectivity index (χ0n) is 10.2. The summed E-state index contributed by atoms with van der Waals surface area (Å²) in [5.41, 5.74) is 4.93. The molecule has 0 aliphatic rings. The fourth-order valence-corrected chi connectivity index (χ4v) is 2.62. The first-order chi connectivity index (χ1) is 6.60. The summed E-state index contributed by atoms with van der Waals surface area (Å²) >= 11 is 0. The molecule has 0 aromatic carbocycles. The molecule has 0 saturated heterocycles. The zero-order valence-corrected chi connectivity index (χ0v) is 11.1. The van der Waals surface area contributed by atoms with Crippen LogP contribution in [0.3, 0.4) is 0 Å². The van der Waals surface area contributed by atoms with Crippen LogP contribution >= 0.6 is 0 Å². The van der Waals surface area contributed by atoms with Crippen LogP contribution in [-0.2, 0) is 10.2 Å². The highest BCUT2D eigenvalue weighted by Gasteiger charge is 2.26. The summed E-state index contributed by atoms with van der Waals surface area (Å²) in [6.45, 7) is 7.76. The van der Waals surface area contributed by atoms with Gasteiger partial charge in [0.05, 0.1) is 0 Å². The molecule has 0 spiro atoms. The van der Waals surface area contributed by atoms with Gasteiger partial charge >= 0.3 is 0 Å². The van der Waals surface area contributed by atoms with Crippen LogP contribution in [0.1, 0.15) is 34.1 Å². The van der Waals surface area contributed by atoms with Crippen LogP contribution in [0.2, 0.25) is 0 Å². The molecule has 3 N–H and O–H groups in total. The Balaban J connectivity index is 4.60. The molecule has 0 aromatic rings. The van der Waals surface area contributed by atoms with Gasteiger partial charge in [-0.15, -0.1) is 0 Å². The number of nitrogens with two attached hydrogens (primary N) is 1. The lowest BCUT2D eigenvalue weighted by Gasteiger charge is -2.28. The average molecular weight is 237 g/mol. The predicted octanol–water partition coefficient (Wildman–Crippen LogP) is 0.288. The minimum absolute atomic E-state index is 0.0881. The second kappa shape index (κ2) is 5.25. The molecule has 0 rings (SSSR count). The minimum Gasteiger partial charge on any atom is -0.330 e. The summed E-state index contributed by atoms with van der Waals surface area (Å²) in [5.74, 6) is 0. The quantitative estimate of drug-likeness (QED) is 0.721. The number of rotatable bonds is 5. The van der Waals surface area contributed by atoms with Crippen molar-refractivity contribution >= 4 is 10.2 Å². The molecular formula is C9H23N3O2S. The third kappa shape index (κ3) is 5.46. The van der Waals surface area contributed by atoms with E-state index in [9.17, 15) is 8.42 Å². The Kier molecular flexibility index (Phi) is 5.19. The highest BCUT2D eigenvalue weighted by atomic mass is 32.2. The Bertz CT molecular complexity index is 282. The van der Waals surface area contributed by atoms with Crippen molar-refractivity contribution < 1.29 is 8.42 Å². The largest absolute Gasteiger partial charge is 0.330 e. The SMILES string of the molecule is CC(CCN)N(C)S(=O)(=O)NC(C)(C)C. The molecule has 92 valence electrons. The van der Waals surface area contributed by atoms with E-state index in [0.29, 0.717) is 13.0 Å². The summed E-state index contributed by atoms with van der Waals surface area (Å²) < 4.78 is 27.6. The Morgan fingerprint density at radius 2 is 1.87 bits per heavy atom. The lowest BCUT2D eigenvalue weighted by molar-refractivity contribution is 0.356. The maximum Gasteiger partial charge on any atom is 0.279 e. The van der Waals surface area contributed by atoms with E-state index in [1.807, 2.05) is 27.7 Å². The molecular weight excluding hydrogens is 214 g/mol. The van der Waals surface area contributed by atoms with Crippen LogP contribution in [0.15, 0.2) is 0 Å². The smallest absolute Gasteiger partial charge is 0.279 e. The van der Waals surface area contributed by atoms with Gasteiger partial charge in [-0.2, -0.15) is 17.4 Å². The molecule has 15 heavy (non-hydrogen) atoms. The minimum atomic E-state index is -3.41. The van der Waals surface area contributed by atoms with Gasteiger partial charge < -0.3 is 5.73 Å². The fourth-order valence-electron chi connectivity index (χ4n) is 1.12. The first-order valence-electron chi connectivity index (χ1n) is 5.07. The Morgan fingerprint density at radius 1 is 1.40 bits per heavy atom. The van der Waals surface area contributed by atoms with E-state index in [1.165, 1.54) is 4.31 Å². The molecule has 0 aliphatic heterocycles. The van der Waals surface area contributed by atoms with Gasteiger partial charge in [-0.3, -0.25) is 0 Å². The fraction of sp³-hybridized carbons (Fsp3) is 1.00. The van der Waals surface area contributed by atoms with E-state index in [4.69, 9.17) is 5.73 Å². The van der Waals surface area contributed by atoms with Gasteiger partial charge in [0, 0.05) is 18.6 Å². The van der Waals surface area contributed by atoms with Gasteiger partial charge in [0.15, 0.2) is 0 Å². The molecule has 0 heterocycles. The first-order valence-corrected chi connectivity index (χ1v) is 6.51. The molecule has 0 fully saturated rings. The van der Waals surface area contributed by atoms with Gasteiger partial charge in [-0.25, -0.2) is 0 Å². The highest BCUT2D eigenvalue weighted by Crippen LogP contribution is 2.09. The van der Waals surface area contributed by atoms with Crippen molar-refractivity contribution in [3.05, 3.63) is 0 Å². The molecule has 1 unspecified atom stereocenters. The van der Waals surface area contributed by atoms with Crippen molar-refractivity contribution in [3.63, 3.8) is 0 Å². The van der Waals surface area contributed by atoms with Crippen LogP contribution in [0.25, 0.3) is 0 Å². The Morgan fingerprint density at radius 3 is 2.20 bits per heavy atom. The molecule has 0 saturated carbocycles. The zero-order chi connectivity index (χ0) is 12.3. The van der Waals surface area contributed by atoms with Gasteiger partial charge in [0.1, 0.15) is 0 Å². The summed E-state index contributed by atoms with van der Waals surface area (Å²) in [6.07, 6.45) is 0.654. The summed E-state index contributed by atoms with van der Waals surface area (Å²) in [5, 5.41) is 0. The van der Waals surface area contributed by atoms with Gasteiger partial charge in [0.2, 0.25) is 0 Å². The third-order valence-corrected chi connectivity index (χ3v) is 4.01. The van der Waals surface area contributed by atoms with Crippen molar-refractivity contribution in [3.8, 4) is 0 Å². The van der Waals surface area contributed by atoms with Crippen molar-refractivity contribution in [1.29, 1.82) is 0 Å². The topological polar surface area (TPSA) is 75.4 Å². The summed E-state index contributed by atoms with van der Waals surface area (Å²) in [6, 6.07) is -0.0881. The highest BCUT2D eigenvalue weighted by molar-refractivity contribution is 7.87. The average Bonchev–Trinajstić information content (AvgIpc) is 1.98. The Labute approximate surface area is 93.2 Å². The monoisotopic (exact) mass is 237 g/mol. The van der Waals surface area contributed by atoms with Gasteiger partial charge in [-0.05, 0) is 40.7 Å². The maximum atomic E-state index is 11.8. The number of hydrogen-bond donors (Lipinski definition) is 2. The Hall–Kier alpha value is -0.170. The summed E-state index contributed by atoms with van der Waals surface area (Å²) in [4.78, 5) is 0. The third-order valence-electron chi connectivity index (χ3n) is 2.02. The van der Waals surface area contributed by atoms with Crippen molar-refractivity contribution in [2.75, 3.05) is 13.6 Å². The van der Waals surface area contributed by atoms with E-state index >= 15 is 0 Å². The molecule has 0 aliphatic carbocycles. The number of nitrogens with one attached hydrogen (secondary N) is 1. The van der Waals surface area contributed by atoms with E-state index < -0.39 is 15.7 Å². The van der Waals surface area contributed by atoms with Crippen LogP contribution in [-0.4, -0.2) is 37.9 Å². The number of hydrogen-bond acceptors (Lipinski definition) is 3. The predicted molar refractivity (Wildman–Crippen MR) is 62.7 cm³/mol. The second-order valence-corrected chi connectivity index (χ2v) is 6.53. The van der Waals surface area contributed by atoms with E-state index in [1.54, 1.807) is 7.05 Å². The molecule has 0 amide bonds. The standard InChI is InChI=1S/C9H23N3O2S/c1-8(6-7-10)12(5)15(13,14)11-9(2,3)4/h8,11H,6-7,10H2,1-5H3. The van der Waals surface area contributed by atoms with E-state index in [2.05, 4.69) is 4.72 Å². The van der Waals surface area contributed by atoms with Crippen LogP contribution in [0.4, 0.5) is 0 Å². The van der Waals surface area contributed by atoms with Crippen molar-refractivity contribution in [2.24, 2.45) is 5.73 Å². The normalized spacial score (nSPS) is 15.7. The molecule has 5 nitrogen and oxygen atoms in total. The molecule has 0 radical (unpaired) electrons. The van der Waals surface area contributed by atoms with E-state index in [0.717, 1.165) is 0 Å². The van der Waals surface area contributed by atoms with Crippen LogP contribution in [0.5, 0.6) is 0 Å². The first kappa shape index (κ1) is 14.8. The lowest BCUT2D eigenvalue weighted by atomic mass is 10.1. The van der Waals surface area contributed by atoms with Gasteiger partial charge in [0.25, 0.3) is 10.2 Å². The lowest BCUT2D eigenvalue weighted by Crippen LogP contribution is -2.50. The van der Waals surface area contributed by atoms with E-state index in [-0.39, 0.29) is 6.04 Å². The molecule has 0 aromatic heterocycles. The maximum absolute atomic E-state index is 11.8. The van der Waals surface area contributed by atoms with Gasteiger partial charge in [-0.1, -0.05) is 0 Å². The second-order valence-electron chi connectivity index (χ2n) is 4.80.